The van der Waals surface area contributed by atoms with Crippen LogP contribution in [-0.2, 0) is 6.42 Å². The summed E-state index contributed by atoms with van der Waals surface area (Å²) in [4.78, 5) is 0. The van der Waals surface area contributed by atoms with Gasteiger partial charge in [-0.1, -0.05) is 33.3 Å². The molecule has 0 saturated heterocycles. The Hall–Kier alpha value is -1.31. The van der Waals surface area contributed by atoms with Crippen molar-refractivity contribution < 1.29 is 0 Å². The Balaban J connectivity index is 2.63. The van der Waals surface area contributed by atoms with Gasteiger partial charge in [0.2, 0.25) is 0 Å². The van der Waals surface area contributed by atoms with Crippen LogP contribution in [0.3, 0.4) is 0 Å². The molecule has 0 radical (unpaired) electrons. The van der Waals surface area contributed by atoms with Gasteiger partial charge in [-0.2, -0.15) is 5.10 Å². The molecule has 0 bridgehead atoms. The van der Waals surface area contributed by atoms with Crippen molar-refractivity contribution in [3.05, 3.63) is 35.7 Å². The molecule has 0 aliphatic carbocycles. The van der Waals surface area contributed by atoms with Gasteiger partial charge in [-0.05, 0) is 24.5 Å². The van der Waals surface area contributed by atoms with Crippen LogP contribution in [0.5, 0.6) is 0 Å². The summed E-state index contributed by atoms with van der Waals surface area (Å²) in [6, 6.07) is 6.27. The standard InChI is InChI=1S/C13H18N2/c1-4-7-11-12-8-5-6-9-15(12)14-13(11)10(2)3/h5-6,8-10H,4,7H2,1-3H3. The van der Waals surface area contributed by atoms with E-state index >= 15 is 0 Å². The van der Waals surface area contributed by atoms with E-state index < -0.39 is 0 Å². The predicted octanol–water partition coefficient (Wildman–Crippen LogP) is 3.41. The molecule has 0 N–H and O–H groups in total. The van der Waals surface area contributed by atoms with E-state index in [1.54, 1.807) is 0 Å². The summed E-state index contributed by atoms with van der Waals surface area (Å²) in [5, 5.41) is 4.65. The lowest BCUT2D eigenvalue weighted by atomic mass is 10.0. The summed E-state index contributed by atoms with van der Waals surface area (Å²) in [7, 11) is 0. The quantitative estimate of drug-likeness (QED) is 0.745. The largest absolute Gasteiger partial charge is 0.240 e. The van der Waals surface area contributed by atoms with Crippen LogP contribution >= 0.6 is 0 Å². The molecule has 80 valence electrons. The number of hydrogen-bond acceptors (Lipinski definition) is 1. The van der Waals surface area contributed by atoms with E-state index in [1.165, 1.54) is 23.2 Å². The molecule has 0 atom stereocenters. The second-order valence-electron chi connectivity index (χ2n) is 4.30. The third kappa shape index (κ3) is 1.76. The van der Waals surface area contributed by atoms with Crippen LogP contribution in [0.2, 0.25) is 0 Å². The minimum Gasteiger partial charge on any atom is -0.240 e. The van der Waals surface area contributed by atoms with Crippen LogP contribution < -0.4 is 0 Å². The highest BCUT2D eigenvalue weighted by Crippen LogP contribution is 2.23. The SMILES string of the molecule is CCCc1c(C(C)C)nn2ccccc12. The molecule has 0 amide bonds. The van der Waals surface area contributed by atoms with E-state index in [9.17, 15) is 0 Å². The second-order valence-corrected chi connectivity index (χ2v) is 4.30. The van der Waals surface area contributed by atoms with E-state index in [4.69, 9.17) is 0 Å². The molecule has 0 unspecified atom stereocenters. The summed E-state index contributed by atoms with van der Waals surface area (Å²) >= 11 is 0. The summed E-state index contributed by atoms with van der Waals surface area (Å²) < 4.78 is 2.00. The highest BCUT2D eigenvalue weighted by atomic mass is 15.2. The Morgan fingerprint density at radius 2 is 2.13 bits per heavy atom. The zero-order chi connectivity index (χ0) is 10.8. The Morgan fingerprint density at radius 3 is 2.80 bits per heavy atom. The number of fused-ring (bicyclic) bond motifs is 1. The fraction of sp³-hybridized carbons (Fsp3) is 0.462. The Morgan fingerprint density at radius 1 is 1.33 bits per heavy atom. The molecule has 2 heterocycles. The number of nitrogens with zero attached hydrogens (tertiary/aromatic N) is 2. The average Bonchev–Trinajstić information content (AvgIpc) is 2.58. The first-order valence-corrected chi connectivity index (χ1v) is 5.70. The zero-order valence-electron chi connectivity index (χ0n) is 9.70. The highest BCUT2D eigenvalue weighted by molar-refractivity contribution is 5.57. The van der Waals surface area contributed by atoms with Crippen LogP contribution in [-0.4, -0.2) is 9.61 Å². The van der Waals surface area contributed by atoms with Gasteiger partial charge in [0.05, 0.1) is 11.2 Å². The molecule has 0 saturated carbocycles. The van der Waals surface area contributed by atoms with Crippen LogP contribution in [0, 0.1) is 0 Å². The average molecular weight is 202 g/mol. The molecule has 0 aliphatic rings. The molecule has 2 nitrogen and oxygen atoms in total. The summed E-state index contributed by atoms with van der Waals surface area (Å²) in [6.07, 6.45) is 4.33. The lowest BCUT2D eigenvalue weighted by molar-refractivity contribution is 0.770. The van der Waals surface area contributed by atoms with Gasteiger partial charge in [0.25, 0.3) is 0 Å². The number of rotatable bonds is 3. The lowest BCUT2D eigenvalue weighted by Crippen LogP contribution is -1.94. The topological polar surface area (TPSA) is 17.3 Å². The first-order chi connectivity index (χ1) is 7.24. The predicted molar refractivity (Wildman–Crippen MR) is 63.3 cm³/mol. The van der Waals surface area contributed by atoms with Crippen molar-refractivity contribution in [3.63, 3.8) is 0 Å². The first-order valence-electron chi connectivity index (χ1n) is 5.70. The van der Waals surface area contributed by atoms with Gasteiger partial charge in [-0.3, -0.25) is 0 Å². The summed E-state index contributed by atoms with van der Waals surface area (Å²) in [5.41, 5.74) is 3.94. The summed E-state index contributed by atoms with van der Waals surface area (Å²) in [5.74, 6) is 0.506. The number of hydrogen-bond donors (Lipinski definition) is 0. The maximum Gasteiger partial charge on any atom is 0.0696 e. The Labute approximate surface area is 90.9 Å². The normalized spacial score (nSPS) is 11.5. The Kier molecular flexibility index (Phi) is 2.76. The second kappa shape index (κ2) is 4.05. The molecule has 2 heteroatoms. The Bertz CT molecular complexity index is 455. The van der Waals surface area contributed by atoms with E-state index in [-0.39, 0.29) is 0 Å². The molecule has 0 fully saturated rings. The van der Waals surface area contributed by atoms with Crippen molar-refractivity contribution in [2.24, 2.45) is 0 Å². The molecule has 15 heavy (non-hydrogen) atoms. The van der Waals surface area contributed by atoms with E-state index in [0.29, 0.717) is 5.92 Å². The highest BCUT2D eigenvalue weighted by Gasteiger charge is 2.13. The number of pyridine rings is 1. The minimum atomic E-state index is 0.506. The van der Waals surface area contributed by atoms with Gasteiger partial charge in [0.1, 0.15) is 0 Å². The maximum absolute atomic E-state index is 4.65. The number of aryl methyl sites for hydroxylation is 1. The third-order valence-electron chi connectivity index (χ3n) is 2.72. The van der Waals surface area contributed by atoms with Gasteiger partial charge >= 0.3 is 0 Å². The fourth-order valence-corrected chi connectivity index (χ4v) is 2.04. The van der Waals surface area contributed by atoms with Crippen molar-refractivity contribution in [1.82, 2.24) is 9.61 Å². The molecular formula is C13H18N2. The van der Waals surface area contributed by atoms with E-state index in [0.717, 1.165) is 6.42 Å². The van der Waals surface area contributed by atoms with Crippen molar-refractivity contribution in [1.29, 1.82) is 0 Å². The fourth-order valence-electron chi connectivity index (χ4n) is 2.04. The van der Waals surface area contributed by atoms with Crippen LogP contribution in [0.25, 0.3) is 5.52 Å². The van der Waals surface area contributed by atoms with Gasteiger partial charge in [0.15, 0.2) is 0 Å². The molecule has 0 aromatic carbocycles. The van der Waals surface area contributed by atoms with Crippen molar-refractivity contribution in [2.75, 3.05) is 0 Å². The molecule has 0 spiro atoms. The molecule has 0 aliphatic heterocycles. The first kappa shape index (κ1) is 10.2. The maximum atomic E-state index is 4.65. The molecule has 2 aromatic rings. The smallest absolute Gasteiger partial charge is 0.0696 e. The number of aromatic nitrogens is 2. The molecular weight excluding hydrogens is 184 g/mol. The van der Waals surface area contributed by atoms with Crippen molar-refractivity contribution >= 4 is 5.52 Å². The third-order valence-corrected chi connectivity index (χ3v) is 2.72. The van der Waals surface area contributed by atoms with Gasteiger partial charge < -0.3 is 0 Å². The molecule has 2 aromatic heterocycles. The van der Waals surface area contributed by atoms with E-state index in [1.807, 2.05) is 16.8 Å². The van der Waals surface area contributed by atoms with Gasteiger partial charge in [-0.15, -0.1) is 0 Å². The van der Waals surface area contributed by atoms with Gasteiger partial charge in [-0.25, -0.2) is 4.52 Å². The monoisotopic (exact) mass is 202 g/mol. The molecule has 2 rings (SSSR count). The summed E-state index contributed by atoms with van der Waals surface area (Å²) in [6.45, 7) is 6.64. The van der Waals surface area contributed by atoms with Crippen LogP contribution in [0.4, 0.5) is 0 Å². The van der Waals surface area contributed by atoms with Crippen LogP contribution in [0.15, 0.2) is 24.4 Å². The minimum absolute atomic E-state index is 0.506. The van der Waals surface area contributed by atoms with E-state index in [2.05, 4.69) is 38.0 Å². The van der Waals surface area contributed by atoms with Crippen LogP contribution in [0.1, 0.15) is 44.4 Å². The van der Waals surface area contributed by atoms with Crippen molar-refractivity contribution in [3.8, 4) is 0 Å². The zero-order valence-corrected chi connectivity index (χ0v) is 9.70. The van der Waals surface area contributed by atoms with Crippen molar-refractivity contribution in [2.45, 2.75) is 39.5 Å². The van der Waals surface area contributed by atoms with Gasteiger partial charge in [0, 0.05) is 11.8 Å². The lowest BCUT2D eigenvalue weighted by Gasteiger charge is -2.03.